The highest BCUT2D eigenvalue weighted by molar-refractivity contribution is 7.98. The predicted octanol–water partition coefficient (Wildman–Crippen LogP) is 4.25. The average Bonchev–Trinajstić information content (AvgIpc) is 2.60. The van der Waals surface area contributed by atoms with Crippen LogP contribution in [0.2, 0.25) is 5.28 Å². The van der Waals surface area contributed by atoms with Crippen LogP contribution in [0.3, 0.4) is 0 Å². The highest BCUT2D eigenvalue weighted by atomic mass is 35.5. The van der Waals surface area contributed by atoms with E-state index in [9.17, 15) is 8.78 Å². The Labute approximate surface area is 159 Å². The second-order valence-corrected chi connectivity index (χ2v) is 7.13. The molecule has 140 valence electrons. The van der Waals surface area contributed by atoms with Crippen molar-refractivity contribution in [2.75, 3.05) is 24.7 Å². The van der Waals surface area contributed by atoms with E-state index in [1.807, 2.05) is 6.07 Å². The van der Waals surface area contributed by atoms with E-state index in [1.165, 1.54) is 23.9 Å². The molecule has 5 nitrogen and oxygen atoms in total. The lowest BCUT2D eigenvalue weighted by atomic mass is 10.2. The van der Waals surface area contributed by atoms with Crippen LogP contribution >= 0.6 is 23.4 Å². The lowest BCUT2D eigenvalue weighted by molar-refractivity contribution is -0.0498. The van der Waals surface area contributed by atoms with E-state index in [1.54, 1.807) is 12.1 Å². The quantitative estimate of drug-likeness (QED) is 0.532. The van der Waals surface area contributed by atoms with Gasteiger partial charge in [-0.05, 0) is 42.8 Å². The van der Waals surface area contributed by atoms with E-state index < -0.39 is 6.61 Å². The molecule has 1 aromatic carbocycles. The number of ether oxygens (including phenoxy) is 2. The van der Waals surface area contributed by atoms with Crippen molar-refractivity contribution in [1.82, 2.24) is 9.97 Å². The molecule has 1 aliphatic rings. The van der Waals surface area contributed by atoms with Crippen LogP contribution in [0.5, 0.6) is 5.75 Å². The molecule has 0 bridgehead atoms. The van der Waals surface area contributed by atoms with E-state index in [2.05, 4.69) is 26.5 Å². The third kappa shape index (κ3) is 5.18. The number of thioether (sulfide) groups is 1. The lowest BCUT2D eigenvalue weighted by Gasteiger charge is -2.34. The van der Waals surface area contributed by atoms with Gasteiger partial charge in [-0.25, -0.2) is 9.97 Å². The Bertz CT molecular complexity index is 736. The third-order valence-electron chi connectivity index (χ3n) is 3.84. The summed E-state index contributed by atoms with van der Waals surface area (Å²) < 4.78 is 34.2. The molecule has 0 N–H and O–H groups in total. The van der Waals surface area contributed by atoms with Gasteiger partial charge in [-0.2, -0.15) is 8.78 Å². The van der Waals surface area contributed by atoms with E-state index in [-0.39, 0.29) is 17.1 Å². The van der Waals surface area contributed by atoms with E-state index in [4.69, 9.17) is 16.3 Å². The van der Waals surface area contributed by atoms with Crippen molar-refractivity contribution in [3.63, 3.8) is 0 Å². The molecule has 1 aromatic heterocycles. The summed E-state index contributed by atoms with van der Waals surface area (Å²) in [5, 5.41) is 0.206. The molecular formula is C17H18ClF2N3O2S. The van der Waals surface area contributed by atoms with Crippen LogP contribution in [-0.2, 0) is 10.5 Å². The molecule has 0 radical (unpaired) electrons. The summed E-state index contributed by atoms with van der Waals surface area (Å²) in [6.45, 7) is 1.32. The number of nitrogens with zero attached hydrogens (tertiary/aromatic N) is 3. The second-order valence-electron chi connectivity index (χ2n) is 5.74. The van der Waals surface area contributed by atoms with E-state index in [0.717, 1.165) is 23.0 Å². The minimum atomic E-state index is -2.82. The summed E-state index contributed by atoms with van der Waals surface area (Å²) >= 11 is 7.62. The number of hydrogen-bond acceptors (Lipinski definition) is 6. The molecule has 2 heterocycles. The Kier molecular flexibility index (Phi) is 6.50. The Morgan fingerprint density at radius 1 is 1.35 bits per heavy atom. The van der Waals surface area contributed by atoms with Crippen LogP contribution in [0.15, 0.2) is 35.2 Å². The van der Waals surface area contributed by atoms with Crippen LogP contribution in [0.4, 0.5) is 14.6 Å². The Morgan fingerprint density at radius 2 is 2.12 bits per heavy atom. The first-order chi connectivity index (χ1) is 12.5. The lowest BCUT2D eigenvalue weighted by Crippen LogP contribution is -2.44. The number of hydrogen-bond donors (Lipinski definition) is 0. The summed E-state index contributed by atoms with van der Waals surface area (Å²) in [6, 6.07) is 8.64. The zero-order valence-electron chi connectivity index (χ0n) is 14.1. The van der Waals surface area contributed by atoms with E-state index in [0.29, 0.717) is 19.0 Å². The normalized spacial score (nSPS) is 17.6. The van der Waals surface area contributed by atoms with Crippen LogP contribution in [0.25, 0.3) is 0 Å². The van der Waals surface area contributed by atoms with Gasteiger partial charge in [0.25, 0.3) is 0 Å². The highest BCUT2D eigenvalue weighted by Crippen LogP contribution is 2.27. The Morgan fingerprint density at radius 3 is 2.81 bits per heavy atom. The molecule has 2 aromatic rings. The first-order valence-corrected chi connectivity index (χ1v) is 9.43. The molecule has 1 unspecified atom stereocenters. The highest BCUT2D eigenvalue weighted by Gasteiger charge is 2.21. The van der Waals surface area contributed by atoms with Crippen molar-refractivity contribution in [1.29, 1.82) is 0 Å². The zero-order valence-corrected chi connectivity index (χ0v) is 15.6. The van der Waals surface area contributed by atoms with Crippen molar-refractivity contribution in [2.45, 2.75) is 30.2 Å². The summed E-state index contributed by atoms with van der Waals surface area (Å²) in [6.07, 6.45) is 0. The minimum absolute atomic E-state index is 0.137. The molecule has 1 atom stereocenters. The molecule has 0 spiro atoms. The van der Waals surface area contributed by atoms with Gasteiger partial charge in [0, 0.05) is 23.3 Å². The smallest absolute Gasteiger partial charge is 0.387 e. The molecule has 1 saturated heterocycles. The zero-order chi connectivity index (χ0) is 18.5. The topological polar surface area (TPSA) is 47.5 Å². The van der Waals surface area contributed by atoms with Crippen LogP contribution < -0.4 is 9.64 Å². The van der Waals surface area contributed by atoms with Crippen molar-refractivity contribution in [2.24, 2.45) is 0 Å². The molecule has 3 rings (SSSR count). The number of anilines is 1. The molecule has 0 amide bonds. The van der Waals surface area contributed by atoms with Gasteiger partial charge >= 0.3 is 6.61 Å². The molecule has 0 saturated carbocycles. The van der Waals surface area contributed by atoms with E-state index >= 15 is 0 Å². The molecule has 0 aliphatic carbocycles. The third-order valence-corrected chi connectivity index (χ3v) is 5.05. The van der Waals surface area contributed by atoms with Gasteiger partial charge in [-0.15, -0.1) is 11.8 Å². The van der Waals surface area contributed by atoms with Crippen LogP contribution in [0.1, 0.15) is 12.6 Å². The first kappa shape index (κ1) is 19.1. The number of benzene rings is 1. The van der Waals surface area contributed by atoms with Gasteiger partial charge in [0.05, 0.1) is 24.9 Å². The van der Waals surface area contributed by atoms with Crippen molar-refractivity contribution in [3.8, 4) is 5.75 Å². The number of morpholine rings is 1. The van der Waals surface area contributed by atoms with Crippen molar-refractivity contribution < 1.29 is 18.3 Å². The van der Waals surface area contributed by atoms with Gasteiger partial charge in [-0.1, -0.05) is 0 Å². The van der Waals surface area contributed by atoms with Gasteiger partial charge in [-0.3, -0.25) is 0 Å². The molecule has 26 heavy (non-hydrogen) atoms. The summed E-state index contributed by atoms with van der Waals surface area (Å²) in [4.78, 5) is 11.7. The predicted molar refractivity (Wildman–Crippen MR) is 97.3 cm³/mol. The Hall–Kier alpha value is -1.64. The average molecular weight is 402 g/mol. The van der Waals surface area contributed by atoms with Crippen molar-refractivity contribution >= 4 is 29.2 Å². The SMILES string of the molecule is CC1COCCN1c1cc(CSc2ccc(OC(F)F)cc2)nc(Cl)n1. The van der Waals surface area contributed by atoms with Crippen LogP contribution in [0, 0.1) is 0 Å². The summed E-state index contributed by atoms with van der Waals surface area (Å²) in [5.41, 5.74) is 0.802. The molecule has 1 fully saturated rings. The number of alkyl halides is 2. The molecule has 1 aliphatic heterocycles. The minimum Gasteiger partial charge on any atom is -0.435 e. The van der Waals surface area contributed by atoms with Crippen LogP contribution in [-0.4, -0.2) is 42.4 Å². The maximum absolute atomic E-state index is 12.2. The monoisotopic (exact) mass is 401 g/mol. The maximum Gasteiger partial charge on any atom is 0.387 e. The van der Waals surface area contributed by atoms with Gasteiger partial charge < -0.3 is 14.4 Å². The fourth-order valence-electron chi connectivity index (χ4n) is 2.61. The van der Waals surface area contributed by atoms with Gasteiger partial charge in [0.1, 0.15) is 11.6 Å². The summed E-state index contributed by atoms with van der Waals surface area (Å²) in [7, 11) is 0. The number of aromatic nitrogens is 2. The first-order valence-electron chi connectivity index (χ1n) is 8.07. The van der Waals surface area contributed by atoms with Crippen molar-refractivity contribution in [3.05, 3.63) is 41.3 Å². The fourth-order valence-corrected chi connectivity index (χ4v) is 3.60. The Balaban J connectivity index is 1.66. The second kappa shape index (κ2) is 8.83. The molecular weight excluding hydrogens is 384 g/mol. The maximum atomic E-state index is 12.2. The van der Waals surface area contributed by atoms with Gasteiger partial charge in [0.15, 0.2) is 0 Å². The number of rotatable bonds is 6. The largest absolute Gasteiger partial charge is 0.435 e. The fraction of sp³-hybridized carbons (Fsp3) is 0.412. The standard InChI is InChI=1S/C17H18ClF2N3O2S/c1-11-9-24-7-6-23(11)15-8-12(21-16(18)22-15)10-26-14-4-2-13(3-5-14)25-17(19)20/h2-5,8,11,17H,6-7,9-10H2,1H3. The van der Waals surface area contributed by atoms with Gasteiger partial charge in [0.2, 0.25) is 5.28 Å². The summed E-state index contributed by atoms with van der Waals surface area (Å²) in [5.74, 6) is 1.51. The number of halogens is 3. The molecule has 9 heteroatoms.